The van der Waals surface area contributed by atoms with Crippen molar-refractivity contribution >= 4 is 29.0 Å². The summed E-state index contributed by atoms with van der Waals surface area (Å²) in [5.74, 6) is 1.33. The highest BCUT2D eigenvalue weighted by molar-refractivity contribution is 7.99. The molecule has 1 amide bonds. The molecular weight excluding hydrogens is 254 g/mol. The molecule has 1 N–H and O–H groups in total. The minimum atomic E-state index is -0.0292. The van der Waals surface area contributed by atoms with Gasteiger partial charge in [0.25, 0.3) is 5.91 Å². The molecule has 17 heavy (non-hydrogen) atoms. The second-order valence-electron chi connectivity index (χ2n) is 4.12. The number of hydroxylamine groups is 1. The number of rotatable bonds is 6. The first-order valence-electron chi connectivity index (χ1n) is 5.89. The van der Waals surface area contributed by atoms with Gasteiger partial charge in [0.05, 0.1) is 11.9 Å². The smallest absolute Gasteiger partial charge is 0.253 e. The third kappa shape index (κ3) is 4.69. The van der Waals surface area contributed by atoms with E-state index in [9.17, 15) is 4.79 Å². The van der Waals surface area contributed by atoms with Gasteiger partial charge < -0.3 is 0 Å². The van der Waals surface area contributed by atoms with Gasteiger partial charge in [-0.05, 0) is 24.3 Å². The van der Waals surface area contributed by atoms with Gasteiger partial charge in [-0.1, -0.05) is 18.9 Å². The van der Waals surface area contributed by atoms with E-state index in [1.165, 1.54) is 17.7 Å². The molecule has 1 aromatic rings. The van der Waals surface area contributed by atoms with Crippen LogP contribution in [0.1, 0.15) is 30.6 Å². The number of thiophene rings is 1. The lowest BCUT2D eigenvalue weighted by Crippen LogP contribution is -2.29. The standard InChI is InChI=1S/C12H17NO2S2/c14-12(13-15-10-4-1-2-5-10)9-16-8-11-6-3-7-17-11/h3,6-7,10H,1-2,4-5,8-9H2,(H,13,14). The number of hydrogen-bond donors (Lipinski definition) is 1. The molecule has 1 heterocycles. The minimum Gasteiger partial charge on any atom is -0.272 e. The quantitative estimate of drug-likeness (QED) is 0.808. The van der Waals surface area contributed by atoms with Crippen LogP contribution in [0.4, 0.5) is 0 Å². The first-order valence-corrected chi connectivity index (χ1v) is 7.92. The van der Waals surface area contributed by atoms with Crippen LogP contribution in [0, 0.1) is 0 Å². The molecule has 0 saturated heterocycles. The number of hydrogen-bond acceptors (Lipinski definition) is 4. The average molecular weight is 271 g/mol. The normalized spacial score (nSPS) is 16.2. The molecule has 5 heteroatoms. The summed E-state index contributed by atoms with van der Waals surface area (Å²) in [4.78, 5) is 18.1. The third-order valence-corrected chi connectivity index (χ3v) is 4.74. The first kappa shape index (κ1) is 12.9. The van der Waals surface area contributed by atoms with Gasteiger partial charge in [0.2, 0.25) is 0 Å². The van der Waals surface area contributed by atoms with Gasteiger partial charge in [-0.15, -0.1) is 23.1 Å². The van der Waals surface area contributed by atoms with Crippen LogP contribution in [0.2, 0.25) is 0 Å². The third-order valence-electron chi connectivity index (χ3n) is 2.70. The molecule has 0 aromatic carbocycles. The Hall–Kier alpha value is -0.520. The second kappa shape index (κ2) is 7.03. The maximum Gasteiger partial charge on any atom is 0.253 e. The summed E-state index contributed by atoms with van der Waals surface area (Å²) in [7, 11) is 0. The minimum absolute atomic E-state index is 0.0292. The fraction of sp³-hybridized carbons (Fsp3) is 0.583. The fourth-order valence-electron chi connectivity index (χ4n) is 1.82. The SMILES string of the molecule is O=C(CSCc1cccs1)NOC1CCCC1. The lowest BCUT2D eigenvalue weighted by Gasteiger charge is -2.10. The van der Waals surface area contributed by atoms with E-state index in [1.807, 2.05) is 6.07 Å². The van der Waals surface area contributed by atoms with Gasteiger partial charge in [0.15, 0.2) is 0 Å². The van der Waals surface area contributed by atoms with E-state index in [0.717, 1.165) is 18.6 Å². The monoisotopic (exact) mass is 271 g/mol. The highest BCUT2D eigenvalue weighted by Gasteiger charge is 2.16. The van der Waals surface area contributed by atoms with Crippen LogP contribution in [-0.2, 0) is 15.4 Å². The van der Waals surface area contributed by atoms with E-state index in [-0.39, 0.29) is 12.0 Å². The molecule has 1 fully saturated rings. The predicted octanol–water partition coefficient (Wildman–Crippen LogP) is 2.97. The fourth-order valence-corrected chi connectivity index (χ4v) is 3.48. The largest absolute Gasteiger partial charge is 0.272 e. The van der Waals surface area contributed by atoms with E-state index in [0.29, 0.717) is 5.75 Å². The Kier molecular flexibility index (Phi) is 5.35. The summed E-state index contributed by atoms with van der Waals surface area (Å²) in [6.45, 7) is 0. The molecular formula is C12H17NO2S2. The van der Waals surface area contributed by atoms with Gasteiger partial charge in [0.1, 0.15) is 0 Å². The average Bonchev–Trinajstić information content (AvgIpc) is 2.99. The summed E-state index contributed by atoms with van der Waals surface area (Å²) in [6, 6.07) is 4.12. The summed E-state index contributed by atoms with van der Waals surface area (Å²) in [5.41, 5.74) is 2.55. The number of carbonyl (C=O) groups is 1. The summed E-state index contributed by atoms with van der Waals surface area (Å²) in [5, 5.41) is 2.05. The van der Waals surface area contributed by atoms with Crippen molar-refractivity contribution in [1.29, 1.82) is 0 Å². The maximum atomic E-state index is 11.5. The van der Waals surface area contributed by atoms with Crippen molar-refractivity contribution in [2.45, 2.75) is 37.5 Å². The van der Waals surface area contributed by atoms with Crippen LogP contribution in [0.25, 0.3) is 0 Å². The van der Waals surface area contributed by atoms with Gasteiger partial charge in [-0.25, -0.2) is 5.48 Å². The Bertz CT molecular complexity index is 334. The van der Waals surface area contributed by atoms with E-state index >= 15 is 0 Å². The molecule has 0 radical (unpaired) electrons. The molecule has 1 saturated carbocycles. The molecule has 0 atom stereocenters. The lowest BCUT2D eigenvalue weighted by atomic mass is 10.3. The zero-order chi connectivity index (χ0) is 11.9. The van der Waals surface area contributed by atoms with Gasteiger partial charge in [-0.2, -0.15) is 0 Å². The molecule has 3 nitrogen and oxygen atoms in total. The first-order chi connectivity index (χ1) is 8.34. The Balaban J connectivity index is 1.54. The van der Waals surface area contributed by atoms with E-state index in [1.54, 1.807) is 23.1 Å². The van der Waals surface area contributed by atoms with Crippen molar-refractivity contribution in [3.63, 3.8) is 0 Å². The van der Waals surface area contributed by atoms with Crippen molar-refractivity contribution in [2.75, 3.05) is 5.75 Å². The Morgan fingerprint density at radius 1 is 1.53 bits per heavy atom. The molecule has 1 aliphatic carbocycles. The van der Waals surface area contributed by atoms with Crippen LogP contribution in [-0.4, -0.2) is 17.8 Å². The van der Waals surface area contributed by atoms with Crippen LogP contribution in [0.15, 0.2) is 17.5 Å². The summed E-state index contributed by atoms with van der Waals surface area (Å²) < 4.78 is 0. The van der Waals surface area contributed by atoms with Crippen LogP contribution in [0.3, 0.4) is 0 Å². The van der Waals surface area contributed by atoms with Crippen LogP contribution < -0.4 is 5.48 Å². The van der Waals surface area contributed by atoms with Crippen molar-refractivity contribution in [3.05, 3.63) is 22.4 Å². The van der Waals surface area contributed by atoms with E-state index < -0.39 is 0 Å². The van der Waals surface area contributed by atoms with Gasteiger partial charge in [-0.3, -0.25) is 9.63 Å². The van der Waals surface area contributed by atoms with Gasteiger partial charge >= 0.3 is 0 Å². The molecule has 94 valence electrons. The number of amides is 1. The topological polar surface area (TPSA) is 38.3 Å². The molecule has 0 bridgehead atoms. The molecule has 2 rings (SSSR count). The zero-order valence-corrected chi connectivity index (χ0v) is 11.3. The summed E-state index contributed by atoms with van der Waals surface area (Å²) in [6.07, 6.45) is 4.81. The van der Waals surface area contributed by atoms with Crippen LogP contribution in [0.5, 0.6) is 0 Å². The van der Waals surface area contributed by atoms with Crippen molar-refractivity contribution in [2.24, 2.45) is 0 Å². The number of carbonyl (C=O) groups excluding carboxylic acids is 1. The molecule has 0 spiro atoms. The molecule has 0 unspecified atom stereocenters. The van der Waals surface area contributed by atoms with E-state index in [4.69, 9.17) is 4.84 Å². The Morgan fingerprint density at radius 2 is 2.35 bits per heavy atom. The highest BCUT2D eigenvalue weighted by Crippen LogP contribution is 2.20. The highest BCUT2D eigenvalue weighted by atomic mass is 32.2. The Labute approximate surface area is 110 Å². The Morgan fingerprint density at radius 3 is 3.06 bits per heavy atom. The second-order valence-corrected chi connectivity index (χ2v) is 6.14. The maximum absolute atomic E-state index is 11.5. The number of nitrogens with one attached hydrogen (secondary N) is 1. The molecule has 0 aliphatic heterocycles. The lowest BCUT2D eigenvalue weighted by molar-refractivity contribution is -0.135. The van der Waals surface area contributed by atoms with Crippen molar-refractivity contribution in [1.82, 2.24) is 5.48 Å². The molecule has 1 aromatic heterocycles. The van der Waals surface area contributed by atoms with Crippen molar-refractivity contribution < 1.29 is 9.63 Å². The van der Waals surface area contributed by atoms with E-state index in [2.05, 4.69) is 16.9 Å². The summed E-state index contributed by atoms with van der Waals surface area (Å²) >= 11 is 3.34. The predicted molar refractivity (Wildman–Crippen MR) is 72.0 cm³/mol. The zero-order valence-electron chi connectivity index (χ0n) is 9.69. The van der Waals surface area contributed by atoms with Gasteiger partial charge in [0, 0.05) is 10.6 Å². The number of thioether (sulfide) groups is 1. The van der Waals surface area contributed by atoms with Crippen molar-refractivity contribution in [3.8, 4) is 0 Å². The van der Waals surface area contributed by atoms with Crippen LogP contribution >= 0.6 is 23.1 Å². The molecule has 1 aliphatic rings.